The molecule has 116 valence electrons. The number of hydrogen-bond donors (Lipinski definition) is 3. The van der Waals surface area contributed by atoms with E-state index in [1.165, 1.54) is 0 Å². The van der Waals surface area contributed by atoms with Crippen LogP contribution in [0.5, 0.6) is 0 Å². The second-order valence-electron chi connectivity index (χ2n) is 5.61. The van der Waals surface area contributed by atoms with E-state index in [2.05, 4.69) is 16.7 Å². The van der Waals surface area contributed by atoms with E-state index in [-0.39, 0.29) is 6.10 Å². The van der Waals surface area contributed by atoms with Crippen LogP contribution in [0.4, 0.5) is 0 Å². The van der Waals surface area contributed by atoms with Gasteiger partial charge in [-0.2, -0.15) is 0 Å². The Morgan fingerprint density at radius 2 is 1.05 bits per heavy atom. The van der Waals surface area contributed by atoms with Crippen LogP contribution in [0.1, 0.15) is 34.1 Å². The van der Waals surface area contributed by atoms with Crippen molar-refractivity contribution < 1.29 is 15.3 Å². The summed E-state index contributed by atoms with van der Waals surface area (Å²) in [6.45, 7) is 11.8. The van der Waals surface area contributed by atoms with E-state index in [1.54, 1.807) is 20.8 Å². The number of aliphatic hydroxyl groups is 3. The minimum Gasteiger partial charge on any atom is -0.392 e. The van der Waals surface area contributed by atoms with E-state index in [1.807, 2.05) is 0 Å². The third kappa shape index (κ3) is 11.3. The predicted molar refractivity (Wildman–Crippen MR) is 78.2 cm³/mol. The van der Waals surface area contributed by atoms with Gasteiger partial charge in [0.2, 0.25) is 0 Å². The van der Waals surface area contributed by atoms with Crippen LogP contribution in [0.25, 0.3) is 0 Å². The molecule has 5 nitrogen and oxygen atoms in total. The highest BCUT2D eigenvalue weighted by Crippen LogP contribution is 2.00. The van der Waals surface area contributed by atoms with Gasteiger partial charge in [-0.25, -0.2) is 0 Å². The minimum absolute atomic E-state index is 0.325. The van der Waals surface area contributed by atoms with Gasteiger partial charge in [0.05, 0.1) is 18.3 Å². The molecule has 0 saturated heterocycles. The molecule has 0 aromatic rings. The fraction of sp³-hybridized carbons (Fsp3) is 1.00. The summed E-state index contributed by atoms with van der Waals surface area (Å²) < 4.78 is 0. The highest BCUT2D eigenvalue weighted by Gasteiger charge is 2.13. The van der Waals surface area contributed by atoms with Gasteiger partial charge >= 0.3 is 0 Å². The number of rotatable bonds is 11. The molecular weight excluding hydrogens is 244 g/mol. The molecule has 0 aromatic carbocycles. The first-order valence-electron chi connectivity index (χ1n) is 7.34. The van der Waals surface area contributed by atoms with Crippen molar-refractivity contribution in [3.8, 4) is 0 Å². The second kappa shape index (κ2) is 10.6. The molecule has 19 heavy (non-hydrogen) atoms. The third-order valence-corrected chi connectivity index (χ3v) is 2.84. The monoisotopic (exact) mass is 276 g/mol. The van der Waals surface area contributed by atoms with Gasteiger partial charge in [0.15, 0.2) is 0 Å². The molecule has 0 aliphatic carbocycles. The Balaban J connectivity index is 4.22. The van der Waals surface area contributed by atoms with Crippen molar-refractivity contribution in [3.05, 3.63) is 0 Å². The molecule has 0 unspecified atom stereocenters. The van der Waals surface area contributed by atoms with Crippen molar-refractivity contribution in [3.63, 3.8) is 0 Å². The maximum Gasteiger partial charge on any atom is 0.0639 e. The van der Waals surface area contributed by atoms with Crippen LogP contribution in [0, 0.1) is 0 Å². The highest BCUT2D eigenvalue weighted by atomic mass is 16.3. The van der Waals surface area contributed by atoms with Crippen LogP contribution >= 0.6 is 0 Å². The van der Waals surface area contributed by atoms with Crippen LogP contribution in [0.15, 0.2) is 0 Å². The van der Waals surface area contributed by atoms with Gasteiger partial charge in [-0.3, -0.25) is 9.80 Å². The first-order chi connectivity index (χ1) is 8.85. The van der Waals surface area contributed by atoms with Crippen molar-refractivity contribution in [1.29, 1.82) is 0 Å². The number of nitrogens with zero attached hydrogens (tertiary/aromatic N) is 2. The summed E-state index contributed by atoms with van der Waals surface area (Å²) in [6, 6.07) is 0. The zero-order chi connectivity index (χ0) is 14.8. The van der Waals surface area contributed by atoms with Gasteiger partial charge in [0.1, 0.15) is 0 Å². The predicted octanol–water partition coefficient (Wildman–Crippen LogP) is 0.143. The molecule has 0 aliphatic heterocycles. The summed E-state index contributed by atoms with van der Waals surface area (Å²) in [7, 11) is 0. The third-order valence-electron chi connectivity index (χ3n) is 2.84. The molecule has 0 aromatic heterocycles. The van der Waals surface area contributed by atoms with Crippen molar-refractivity contribution in [2.45, 2.75) is 52.4 Å². The van der Waals surface area contributed by atoms with Gasteiger partial charge in [-0.05, 0) is 33.7 Å². The Bertz CT molecular complexity index is 201. The van der Waals surface area contributed by atoms with E-state index in [0.717, 1.165) is 26.1 Å². The lowest BCUT2D eigenvalue weighted by Crippen LogP contribution is -2.43. The normalized spacial score (nSPS) is 16.9. The van der Waals surface area contributed by atoms with Crippen LogP contribution < -0.4 is 0 Å². The van der Waals surface area contributed by atoms with Gasteiger partial charge in [0.25, 0.3) is 0 Å². The fourth-order valence-electron chi connectivity index (χ4n) is 2.27. The summed E-state index contributed by atoms with van der Waals surface area (Å²) in [6.07, 6.45) is -0.0571. The second-order valence-corrected chi connectivity index (χ2v) is 5.61. The Labute approximate surface area is 117 Å². The van der Waals surface area contributed by atoms with Crippen LogP contribution in [-0.2, 0) is 0 Å². The van der Waals surface area contributed by atoms with E-state index in [9.17, 15) is 15.3 Å². The first-order valence-corrected chi connectivity index (χ1v) is 7.34. The first kappa shape index (κ1) is 18.8. The number of hydrogen-bond acceptors (Lipinski definition) is 5. The largest absolute Gasteiger partial charge is 0.392 e. The van der Waals surface area contributed by atoms with Gasteiger partial charge in [0, 0.05) is 32.7 Å². The van der Waals surface area contributed by atoms with E-state index < -0.39 is 12.2 Å². The summed E-state index contributed by atoms with van der Waals surface area (Å²) >= 11 is 0. The van der Waals surface area contributed by atoms with Gasteiger partial charge < -0.3 is 15.3 Å². The lowest BCUT2D eigenvalue weighted by Gasteiger charge is -2.29. The van der Waals surface area contributed by atoms with Crippen molar-refractivity contribution in [2.75, 3.05) is 39.3 Å². The average molecular weight is 276 g/mol. The number of aliphatic hydroxyl groups excluding tert-OH is 3. The molecule has 0 radical (unpaired) electrons. The molecule has 0 saturated carbocycles. The van der Waals surface area contributed by atoms with E-state index >= 15 is 0 Å². The molecule has 0 bridgehead atoms. The SMILES string of the molecule is CCCN(CCN(C[C@@H](C)O)C[C@@H](C)O)C[C@@H](C)O. The smallest absolute Gasteiger partial charge is 0.0639 e. The maximum atomic E-state index is 9.47. The molecule has 0 aliphatic rings. The average Bonchev–Trinajstić information content (AvgIpc) is 2.23. The molecule has 0 heterocycles. The maximum absolute atomic E-state index is 9.47. The van der Waals surface area contributed by atoms with Crippen LogP contribution in [0.2, 0.25) is 0 Å². The summed E-state index contributed by atoms with van der Waals surface area (Å²) in [4.78, 5) is 4.29. The van der Waals surface area contributed by atoms with Crippen LogP contribution in [0.3, 0.4) is 0 Å². The van der Waals surface area contributed by atoms with E-state index in [0.29, 0.717) is 19.6 Å². The molecule has 0 fully saturated rings. The molecule has 0 amide bonds. The molecule has 0 spiro atoms. The molecule has 3 N–H and O–H groups in total. The summed E-state index contributed by atoms with van der Waals surface area (Å²) in [5.74, 6) is 0. The molecule has 3 atom stereocenters. The van der Waals surface area contributed by atoms with Gasteiger partial charge in [-0.1, -0.05) is 6.92 Å². The molecule has 5 heteroatoms. The van der Waals surface area contributed by atoms with Crippen LogP contribution in [-0.4, -0.2) is 82.7 Å². The summed E-state index contributed by atoms with van der Waals surface area (Å²) in [5.41, 5.74) is 0. The standard InChI is InChI=1S/C14H32N2O3/c1-5-6-15(9-12(2)17)7-8-16(10-13(3)18)11-14(4)19/h12-14,17-19H,5-11H2,1-4H3/t12-,13-,14-/m1/s1. The topological polar surface area (TPSA) is 67.2 Å². The lowest BCUT2D eigenvalue weighted by atomic mass is 10.2. The molecule has 0 rings (SSSR count). The fourth-order valence-corrected chi connectivity index (χ4v) is 2.27. The minimum atomic E-state index is -0.393. The Kier molecular flexibility index (Phi) is 10.5. The zero-order valence-corrected chi connectivity index (χ0v) is 12.9. The highest BCUT2D eigenvalue weighted by molar-refractivity contribution is 4.68. The lowest BCUT2D eigenvalue weighted by molar-refractivity contribution is 0.0684. The summed E-state index contributed by atoms with van der Waals surface area (Å²) in [5, 5.41) is 28.4. The zero-order valence-electron chi connectivity index (χ0n) is 12.9. The van der Waals surface area contributed by atoms with E-state index in [4.69, 9.17) is 0 Å². The molecular formula is C14H32N2O3. The van der Waals surface area contributed by atoms with Crippen molar-refractivity contribution >= 4 is 0 Å². The Hall–Kier alpha value is -0.200. The van der Waals surface area contributed by atoms with Crippen molar-refractivity contribution in [1.82, 2.24) is 9.80 Å². The quantitative estimate of drug-likeness (QED) is 0.501. The van der Waals surface area contributed by atoms with Gasteiger partial charge in [-0.15, -0.1) is 0 Å². The Morgan fingerprint density at radius 1 is 0.684 bits per heavy atom. The Morgan fingerprint density at radius 3 is 1.42 bits per heavy atom. The van der Waals surface area contributed by atoms with Crippen molar-refractivity contribution in [2.24, 2.45) is 0 Å².